The third kappa shape index (κ3) is 9.72. The normalized spacial score (nSPS) is 10.9. The van der Waals surface area contributed by atoms with Crippen LogP contribution in [0.3, 0.4) is 0 Å². The summed E-state index contributed by atoms with van der Waals surface area (Å²) in [6.07, 6.45) is 5.29. The molecule has 1 heteroatoms. The van der Waals surface area contributed by atoms with Gasteiger partial charge in [0, 0.05) is 0 Å². The molecule has 0 aromatic carbocycles. The van der Waals surface area contributed by atoms with E-state index < -0.39 is 0 Å². The summed E-state index contributed by atoms with van der Waals surface area (Å²) < 4.78 is 0. The van der Waals surface area contributed by atoms with Crippen LogP contribution in [0.5, 0.6) is 0 Å². The van der Waals surface area contributed by atoms with Gasteiger partial charge in [-0.3, -0.25) is 0 Å². The summed E-state index contributed by atoms with van der Waals surface area (Å²) in [6.45, 7) is 13.2. The predicted molar refractivity (Wildman–Crippen MR) is 64.6 cm³/mol. The van der Waals surface area contributed by atoms with Crippen molar-refractivity contribution in [2.45, 2.75) is 53.3 Å². The van der Waals surface area contributed by atoms with Gasteiger partial charge in [0.05, 0.1) is 0 Å². The molecule has 0 saturated carbocycles. The van der Waals surface area contributed by atoms with Gasteiger partial charge in [-0.1, -0.05) is 46.9 Å². The van der Waals surface area contributed by atoms with Gasteiger partial charge in [0.25, 0.3) is 0 Å². The first-order valence-corrected chi connectivity index (χ1v) is 5.69. The molecule has 13 heavy (non-hydrogen) atoms. The van der Waals surface area contributed by atoms with Crippen LogP contribution >= 0.6 is 0 Å². The van der Waals surface area contributed by atoms with Crippen LogP contribution in [0.25, 0.3) is 0 Å². The Morgan fingerprint density at radius 1 is 1.15 bits per heavy atom. The Kier molecular flexibility index (Phi) is 7.12. The standard InChI is InChI=1S/C12H25B/c1-10(2)7-6-8-13-12(5)9-11(3)4/h10-11,13H,5-9H2,1-4H3. The van der Waals surface area contributed by atoms with E-state index in [1.165, 1.54) is 38.3 Å². The fourth-order valence-corrected chi connectivity index (χ4v) is 1.61. The van der Waals surface area contributed by atoms with Crippen molar-refractivity contribution < 1.29 is 0 Å². The average molecular weight is 180 g/mol. The first kappa shape index (κ1) is 12.8. The van der Waals surface area contributed by atoms with Gasteiger partial charge < -0.3 is 0 Å². The minimum Gasteiger partial charge on any atom is -0.112 e. The van der Waals surface area contributed by atoms with E-state index in [1.807, 2.05) is 0 Å². The van der Waals surface area contributed by atoms with Crippen LogP contribution < -0.4 is 0 Å². The SMILES string of the molecule is C=C(BCCCC(C)C)CC(C)C. The summed E-state index contributed by atoms with van der Waals surface area (Å²) >= 11 is 0. The van der Waals surface area contributed by atoms with E-state index in [4.69, 9.17) is 0 Å². The molecule has 0 radical (unpaired) electrons. The minimum absolute atomic E-state index is 0.776. The Morgan fingerprint density at radius 3 is 2.23 bits per heavy atom. The molecule has 0 saturated heterocycles. The van der Waals surface area contributed by atoms with E-state index in [1.54, 1.807) is 0 Å². The highest BCUT2D eigenvalue weighted by Gasteiger charge is 2.01. The summed E-state index contributed by atoms with van der Waals surface area (Å²) in [5, 5.41) is 0. The second kappa shape index (κ2) is 7.23. The summed E-state index contributed by atoms with van der Waals surface area (Å²) in [5.41, 5.74) is 1.44. The topological polar surface area (TPSA) is 0 Å². The van der Waals surface area contributed by atoms with Crippen molar-refractivity contribution in [2.24, 2.45) is 11.8 Å². The van der Waals surface area contributed by atoms with Crippen LogP contribution in [0.4, 0.5) is 0 Å². The number of rotatable bonds is 7. The average Bonchev–Trinajstić information content (AvgIpc) is 1.96. The fourth-order valence-electron chi connectivity index (χ4n) is 1.61. The third-order valence-corrected chi connectivity index (χ3v) is 2.26. The lowest BCUT2D eigenvalue weighted by molar-refractivity contribution is 0.575. The van der Waals surface area contributed by atoms with E-state index in [0.717, 1.165) is 11.8 Å². The van der Waals surface area contributed by atoms with Gasteiger partial charge in [-0.05, 0) is 18.3 Å². The second-order valence-corrected chi connectivity index (χ2v) is 4.99. The lowest BCUT2D eigenvalue weighted by Crippen LogP contribution is -1.99. The monoisotopic (exact) mass is 180 g/mol. The summed E-state index contributed by atoms with van der Waals surface area (Å²) in [7, 11) is 1.24. The van der Waals surface area contributed by atoms with Crippen molar-refractivity contribution in [1.29, 1.82) is 0 Å². The zero-order valence-electron chi connectivity index (χ0n) is 9.90. The molecule has 0 amide bonds. The van der Waals surface area contributed by atoms with Crippen LogP contribution in [0.1, 0.15) is 47.0 Å². The Hall–Kier alpha value is -0.195. The van der Waals surface area contributed by atoms with Gasteiger partial charge in [-0.25, -0.2) is 0 Å². The molecule has 0 rings (SSSR count). The van der Waals surface area contributed by atoms with E-state index >= 15 is 0 Å². The zero-order chi connectivity index (χ0) is 10.3. The van der Waals surface area contributed by atoms with Gasteiger partial charge >= 0.3 is 0 Å². The van der Waals surface area contributed by atoms with Crippen molar-refractivity contribution in [2.75, 3.05) is 0 Å². The Bertz CT molecular complexity index is 136. The van der Waals surface area contributed by atoms with E-state index in [-0.39, 0.29) is 0 Å². The molecule has 0 bridgehead atoms. The molecule has 0 atom stereocenters. The molecule has 0 spiro atoms. The number of hydrogen-bond acceptors (Lipinski definition) is 0. The summed E-state index contributed by atoms with van der Waals surface area (Å²) in [5.74, 6) is 1.64. The zero-order valence-corrected chi connectivity index (χ0v) is 9.90. The van der Waals surface area contributed by atoms with Crippen LogP contribution in [0, 0.1) is 11.8 Å². The Labute approximate surface area is 85.1 Å². The Morgan fingerprint density at radius 2 is 1.77 bits per heavy atom. The fraction of sp³-hybridized carbons (Fsp3) is 0.833. The first-order chi connectivity index (χ1) is 6.02. The molecule has 0 fully saturated rings. The van der Waals surface area contributed by atoms with Gasteiger partial charge in [-0.2, -0.15) is 0 Å². The van der Waals surface area contributed by atoms with Crippen molar-refractivity contribution in [3.8, 4) is 0 Å². The molecule has 0 aliphatic heterocycles. The quantitative estimate of drug-likeness (QED) is 0.412. The van der Waals surface area contributed by atoms with E-state index in [2.05, 4.69) is 34.3 Å². The Balaban J connectivity index is 3.27. The van der Waals surface area contributed by atoms with E-state index in [9.17, 15) is 0 Å². The molecule has 0 aliphatic carbocycles. The maximum absolute atomic E-state index is 4.11. The minimum atomic E-state index is 0.776. The van der Waals surface area contributed by atoms with Crippen LogP contribution in [-0.4, -0.2) is 7.28 Å². The van der Waals surface area contributed by atoms with Crippen molar-refractivity contribution in [3.05, 3.63) is 12.1 Å². The van der Waals surface area contributed by atoms with E-state index in [0.29, 0.717) is 0 Å². The molecular formula is C12H25B. The van der Waals surface area contributed by atoms with Gasteiger partial charge in [0.2, 0.25) is 0 Å². The summed E-state index contributed by atoms with van der Waals surface area (Å²) in [6, 6.07) is 0. The molecule has 0 nitrogen and oxygen atoms in total. The van der Waals surface area contributed by atoms with Crippen molar-refractivity contribution in [3.63, 3.8) is 0 Å². The molecule has 0 unspecified atom stereocenters. The molecule has 0 heterocycles. The lowest BCUT2D eigenvalue weighted by atomic mass is 9.63. The third-order valence-electron chi connectivity index (χ3n) is 2.26. The second-order valence-electron chi connectivity index (χ2n) is 4.99. The largest absolute Gasteiger partial charge is 0.151 e. The van der Waals surface area contributed by atoms with Crippen LogP contribution in [0.15, 0.2) is 12.1 Å². The van der Waals surface area contributed by atoms with Crippen LogP contribution in [0.2, 0.25) is 6.32 Å². The maximum Gasteiger partial charge on any atom is 0.151 e. The first-order valence-electron chi connectivity index (χ1n) is 5.69. The molecular weight excluding hydrogens is 155 g/mol. The number of hydrogen-bond donors (Lipinski definition) is 0. The molecule has 0 aliphatic rings. The summed E-state index contributed by atoms with van der Waals surface area (Å²) in [4.78, 5) is 0. The van der Waals surface area contributed by atoms with Gasteiger partial charge in [0.15, 0.2) is 7.28 Å². The smallest absolute Gasteiger partial charge is 0.112 e. The predicted octanol–water partition coefficient (Wildman–Crippen LogP) is 3.84. The highest BCUT2D eigenvalue weighted by Crippen LogP contribution is 2.11. The van der Waals surface area contributed by atoms with Crippen molar-refractivity contribution in [1.82, 2.24) is 0 Å². The highest BCUT2D eigenvalue weighted by molar-refractivity contribution is 6.44. The molecule has 0 N–H and O–H groups in total. The molecule has 0 aromatic rings. The molecule has 0 aromatic heterocycles. The lowest BCUT2D eigenvalue weighted by Gasteiger charge is -2.07. The number of allylic oxidation sites excluding steroid dienone is 1. The van der Waals surface area contributed by atoms with Gasteiger partial charge in [0.1, 0.15) is 0 Å². The van der Waals surface area contributed by atoms with Crippen LogP contribution in [-0.2, 0) is 0 Å². The maximum atomic E-state index is 4.11. The molecule has 76 valence electrons. The van der Waals surface area contributed by atoms with Gasteiger partial charge in [-0.15, -0.1) is 12.1 Å². The highest BCUT2D eigenvalue weighted by atomic mass is 14.0. The van der Waals surface area contributed by atoms with Crippen molar-refractivity contribution >= 4 is 7.28 Å².